The molecule has 0 aromatic heterocycles. The smallest absolute Gasteiger partial charge is 0.155 e. The summed E-state index contributed by atoms with van der Waals surface area (Å²) in [6, 6.07) is 8.54. The summed E-state index contributed by atoms with van der Waals surface area (Å²) in [4.78, 5) is 11.7. The molecular formula is C19H24O2. The van der Waals surface area contributed by atoms with Crippen LogP contribution >= 0.6 is 0 Å². The van der Waals surface area contributed by atoms with Crippen LogP contribution in [-0.4, -0.2) is 11.9 Å². The van der Waals surface area contributed by atoms with Gasteiger partial charge in [-0.1, -0.05) is 42.3 Å². The zero-order chi connectivity index (χ0) is 14.9. The average molecular weight is 284 g/mol. The van der Waals surface area contributed by atoms with Gasteiger partial charge >= 0.3 is 0 Å². The van der Waals surface area contributed by atoms with Crippen molar-refractivity contribution in [2.24, 2.45) is 5.41 Å². The Kier molecular flexibility index (Phi) is 3.99. The summed E-state index contributed by atoms with van der Waals surface area (Å²) in [5.41, 5.74) is 3.89. The summed E-state index contributed by atoms with van der Waals surface area (Å²) in [6.45, 7) is 5.05. The Bertz CT molecular complexity index is 555. The number of ketones is 1. The molecule has 0 aliphatic heterocycles. The van der Waals surface area contributed by atoms with Crippen molar-refractivity contribution >= 4 is 5.78 Å². The lowest BCUT2D eigenvalue weighted by atomic mass is 9.64. The first-order chi connectivity index (χ1) is 10.1. The zero-order valence-electron chi connectivity index (χ0n) is 13.0. The molecule has 0 spiro atoms. The zero-order valence-corrected chi connectivity index (χ0v) is 13.0. The SMILES string of the molecule is Cc1ccc(CO[C@H]2CCCC3=CC(=O)CC[C@@]32C)cc1. The molecule has 0 amide bonds. The molecule has 1 saturated carbocycles. The van der Waals surface area contributed by atoms with Gasteiger partial charge in [0.1, 0.15) is 0 Å². The summed E-state index contributed by atoms with van der Waals surface area (Å²) in [5.74, 6) is 0.293. The summed E-state index contributed by atoms with van der Waals surface area (Å²) in [7, 11) is 0. The highest BCUT2D eigenvalue weighted by molar-refractivity contribution is 5.91. The van der Waals surface area contributed by atoms with Crippen LogP contribution in [0, 0.1) is 12.3 Å². The maximum atomic E-state index is 11.7. The molecule has 2 heteroatoms. The number of ether oxygens (including phenoxy) is 1. The molecule has 2 aliphatic carbocycles. The summed E-state index contributed by atoms with van der Waals surface area (Å²) < 4.78 is 6.26. The Labute approximate surface area is 127 Å². The first-order valence-electron chi connectivity index (χ1n) is 7.99. The van der Waals surface area contributed by atoms with Crippen LogP contribution in [0.5, 0.6) is 0 Å². The molecule has 0 N–H and O–H groups in total. The van der Waals surface area contributed by atoms with E-state index in [9.17, 15) is 4.79 Å². The minimum Gasteiger partial charge on any atom is -0.373 e. The van der Waals surface area contributed by atoms with E-state index in [2.05, 4.69) is 38.1 Å². The molecule has 2 aliphatic rings. The van der Waals surface area contributed by atoms with Gasteiger partial charge in [-0.05, 0) is 44.2 Å². The monoisotopic (exact) mass is 284 g/mol. The number of benzene rings is 1. The summed E-state index contributed by atoms with van der Waals surface area (Å²) >= 11 is 0. The largest absolute Gasteiger partial charge is 0.373 e. The van der Waals surface area contributed by atoms with E-state index < -0.39 is 0 Å². The van der Waals surface area contributed by atoms with Gasteiger partial charge in [-0.2, -0.15) is 0 Å². The van der Waals surface area contributed by atoms with Gasteiger partial charge in [0.25, 0.3) is 0 Å². The highest BCUT2D eigenvalue weighted by Crippen LogP contribution is 2.48. The van der Waals surface area contributed by atoms with Crippen LogP contribution in [0.15, 0.2) is 35.9 Å². The minimum atomic E-state index is 0.0663. The van der Waals surface area contributed by atoms with Crippen LogP contribution in [0.25, 0.3) is 0 Å². The van der Waals surface area contributed by atoms with Crippen molar-refractivity contribution in [2.45, 2.75) is 58.7 Å². The topological polar surface area (TPSA) is 26.3 Å². The highest BCUT2D eigenvalue weighted by atomic mass is 16.5. The number of carbonyl (C=O) groups is 1. The first-order valence-corrected chi connectivity index (χ1v) is 7.99. The molecule has 21 heavy (non-hydrogen) atoms. The lowest BCUT2D eigenvalue weighted by Crippen LogP contribution is -2.41. The van der Waals surface area contributed by atoms with Gasteiger partial charge in [0.05, 0.1) is 12.7 Å². The molecule has 0 bridgehead atoms. The molecule has 1 aromatic rings. The fourth-order valence-electron chi connectivity index (χ4n) is 3.65. The predicted octanol–water partition coefficient (Wildman–Crippen LogP) is 4.36. The van der Waals surface area contributed by atoms with E-state index >= 15 is 0 Å². The molecule has 2 atom stereocenters. The van der Waals surface area contributed by atoms with Crippen LogP contribution in [-0.2, 0) is 16.1 Å². The number of hydrogen-bond acceptors (Lipinski definition) is 2. The van der Waals surface area contributed by atoms with Gasteiger partial charge < -0.3 is 4.74 Å². The Morgan fingerprint density at radius 3 is 2.76 bits per heavy atom. The standard InChI is InChI=1S/C19H24O2/c1-14-6-8-15(9-7-14)13-21-18-5-3-4-16-12-17(20)10-11-19(16,18)2/h6-9,12,18H,3-5,10-11,13H2,1-2H3/t18-,19-/m0/s1. The van der Waals surface area contributed by atoms with Crippen LogP contribution in [0.4, 0.5) is 0 Å². The van der Waals surface area contributed by atoms with Crippen molar-refractivity contribution in [3.8, 4) is 0 Å². The van der Waals surface area contributed by atoms with E-state index in [1.807, 2.05) is 6.08 Å². The van der Waals surface area contributed by atoms with Crippen molar-refractivity contribution in [3.05, 3.63) is 47.0 Å². The molecule has 0 saturated heterocycles. The highest BCUT2D eigenvalue weighted by Gasteiger charge is 2.43. The third-order valence-electron chi connectivity index (χ3n) is 5.15. The maximum Gasteiger partial charge on any atom is 0.155 e. The van der Waals surface area contributed by atoms with Gasteiger partial charge in [-0.15, -0.1) is 0 Å². The number of carbonyl (C=O) groups excluding carboxylic acids is 1. The molecule has 1 fully saturated rings. The van der Waals surface area contributed by atoms with Crippen molar-refractivity contribution in [2.75, 3.05) is 0 Å². The lowest BCUT2D eigenvalue weighted by Gasteiger charge is -2.45. The second-order valence-electron chi connectivity index (χ2n) is 6.73. The van der Waals surface area contributed by atoms with Gasteiger partial charge in [-0.25, -0.2) is 0 Å². The van der Waals surface area contributed by atoms with E-state index in [1.54, 1.807) is 0 Å². The number of hydrogen-bond donors (Lipinski definition) is 0. The van der Waals surface area contributed by atoms with Crippen LogP contribution in [0.1, 0.15) is 50.2 Å². The first kappa shape index (κ1) is 14.5. The van der Waals surface area contributed by atoms with Gasteiger partial charge in [-0.3, -0.25) is 4.79 Å². The molecular weight excluding hydrogens is 260 g/mol. The van der Waals surface area contributed by atoms with E-state index in [0.717, 1.165) is 25.7 Å². The molecule has 1 aromatic carbocycles. The van der Waals surface area contributed by atoms with Gasteiger partial charge in [0.2, 0.25) is 0 Å². The number of fused-ring (bicyclic) bond motifs is 1. The number of allylic oxidation sites excluding steroid dienone is 1. The fraction of sp³-hybridized carbons (Fsp3) is 0.526. The normalized spacial score (nSPS) is 29.0. The fourth-order valence-corrected chi connectivity index (χ4v) is 3.65. The van der Waals surface area contributed by atoms with E-state index in [0.29, 0.717) is 18.8 Å². The predicted molar refractivity (Wildman–Crippen MR) is 84.0 cm³/mol. The third kappa shape index (κ3) is 2.96. The van der Waals surface area contributed by atoms with Crippen LogP contribution in [0.2, 0.25) is 0 Å². The quantitative estimate of drug-likeness (QED) is 0.824. The maximum absolute atomic E-state index is 11.7. The van der Waals surface area contributed by atoms with Crippen LogP contribution < -0.4 is 0 Å². The van der Waals surface area contributed by atoms with Gasteiger partial charge in [0, 0.05) is 11.8 Å². The van der Waals surface area contributed by atoms with E-state index in [1.165, 1.54) is 16.7 Å². The van der Waals surface area contributed by atoms with E-state index in [4.69, 9.17) is 4.74 Å². The van der Waals surface area contributed by atoms with Crippen molar-refractivity contribution < 1.29 is 9.53 Å². The van der Waals surface area contributed by atoms with Gasteiger partial charge in [0.15, 0.2) is 5.78 Å². The van der Waals surface area contributed by atoms with Crippen molar-refractivity contribution in [1.82, 2.24) is 0 Å². The molecule has 3 rings (SSSR count). The lowest BCUT2D eigenvalue weighted by molar-refractivity contribution is -0.117. The Morgan fingerprint density at radius 1 is 1.24 bits per heavy atom. The third-order valence-corrected chi connectivity index (χ3v) is 5.15. The molecule has 0 radical (unpaired) electrons. The Hall–Kier alpha value is -1.41. The molecule has 2 nitrogen and oxygen atoms in total. The molecule has 112 valence electrons. The van der Waals surface area contributed by atoms with Crippen molar-refractivity contribution in [1.29, 1.82) is 0 Å². The molecule has 0 unspecified atom stereocenters. The second-order valence-corrected chi connectivity index (χ2v) is 6.73. The second kappa shape index (κ2) is 5.76. The summed E-state index contributed by atoms with van der Waals surface area (Å²) in [5, 5.41) is 0. The molecule has 0 heterocycles. The average Bonchev–Trinajstić information content (AvgIpc) is 2.47. The van der Waals surface area contributed by atoms with E-state index in [-0.39, 0.29) is 11.5 Å². The number of aryl methyl sites for hydroxylation is 1. The Morgan fingerprint density at radius 2 is 2.00 bits per heavy atom. The van der Waals surface area contributed by atoms with Crippen molar-refractivity contribution in [3.63, 3.8) is 0 Å². The Balaban J connectivity index is 1.71. The minimum absolute atomic E-state index is 0.0663. The number of rotatable bonds is 3. The van der Waals surface area contributed by atoms with Crippen LogP contribution in [0.3, 0.4) is 0 Å². The summed E-state index contributed by atoms with van der Waals surface area (Å²) in [6.07, 6.45) is 7.05.